The molecule has 0 spiro atoms. The molecule has 124 valence electrons. The molecule has 1 saturated heterocycles. The van der Waals surface area contributed by atoms with Gasteiger partial charge in [0.05, 0.1) is 23.4 Å². The molecule has 1 saturated carbocycles. The zero-order valence-corrected chi connectivity index (χ0v) is 14.1. The lowest BCUT2D eigenvalue weighted by Gasteiger charge is -2.36. The molecular formula is C16H20N2O4S. The number of thioether (sulfide) groups is 1. The second-order valence-corrected chi connectivity index (χ2v) is 7.00. The van der Waals surface area contributed by atoms with Crippen molar-refractivity contribution in [3.63, 3.8) is 0 Å². The Kier molecular flexibility index (Phi) is 4.48. The highest BCUT2D eigenvalue weighted by Crippen LogP contribution is 2.30. The number of nitrogens with zero attached hydrogens (tertiary/aromatic N) is 1. The van der Waals surface area contributed by atoms with Gasteiger partial charge in [0.2, 0.25) is 5.91 Å². The van der Waals surface area contributed by atoms with Gasteiger partial charge in [-0.3, -0.25) is 19.3 Å². The fourth-order valence-corrected chi connectivity index (χ4v) is 4.14. The van der Waals surface area contributed by atoms with Crippen molar-refractivity contribution < 1.29 is 18.8 Å². The zero-order chi connectivity index (χ0) is 16.6. The van der Waals surface area contributed by atoms with E-state index in [4.69, 9.17) is 4.42 Å². The highest BCUT2D eigenvalue weighted by Gasteiger charge is 2.41. The minimum atomic E-state index is -0.240. The molecule has 2 aliphatic rings. The third-order valence-electron chi connectivity index (χ3n) is 4.45. The smallest absolute Gasteiger partial charge is 0.289 e. The largest absolute Gasteiger partial charge is 0.466 e. The van der Waals surface area contributed by atoms with E-state index in [-0.39, 0.29) is 34.9 Å². The predicted octanol–water partition coefficient (Wildman–Crippen LogP) is 2.63. The van der Waals surface area contributed by atoms with E-state index in [1.165, 1.54) is 4.90 Å². The van der Waals surface area contributed by atoms with Crippen molar-refractivity contribution in [2.75, 3.05) is 5.75 Å². The normalized spacial score (nSPS) is 25.0. The Hall–Kier alpha value is -1.76. The Morgan fingerprint density at radius 3 is 2.65 bits per heavy atom. The van der Waals surface area contributed by atoms with Crippen LogP contribution >= 0.6 is 11.8 Å². The number of aryl methyl sites for hydroxylation is 2. The van der Waals surface area contributed by atoms with E-state index in [1.807, 2.05) is 0 Å². The number of hydrogen-bond donors (Lipinski definition) is 1. The zero-order valence-electron chi connectivity index (χ0n) is 13.3. The van der Waals surface area contributed by atoms with Crippen molar-refractivity contribution in [2.45, 2.75) is 51.6 Å². The van der Waals surface area contributed by atoms with Gasteiger partial charge in [-0.25, -0.2) is 0 Å². The van der Waals surface area contributed by atoms with Gasteiger partial charge in [-0.1, -0.05) is 24.6 Å². The van der Waals surface area contributed by atoms with E-state index in [0.717, 1.165) is 37.4 Å². The van der Waals surface area contributed by atoms with Gasteiger partial charge in [0.25, 0.3) is 11.1 Å². The molecule has 1 aromatic heterocycles. The van der Waals surface area contributed by atoms with Crippen LogP contribution in [0.15, 0.2) is 10.5 Å². The summed E-state index contributed by atoms with van der Waals surface area (Å²) in [6.07, 6.45) is 3.46. The summed E-state index contributed by atoms with van der Waals surface area (Å²) in [6.45, 7) is 3.55. The van der Waals surface area contributed by atoms with Crippen molar-refractivity contribution >= 4 is 28.8 Å². The Bertz CT molecular complexity index is 639. The lowest BCUT2D eigenvalue weighted by Crippen LogP contribution is -2.54. The van der Waals surface area contributed by atoms with Crippen molar-refractivity contribution in [3.8, 4) is 0 Å². The summed E-state index contributed by atoms with van der Waals surface area (Å²) in [5, 5.41) is 2.81. The highest BCUT2D eigenvalue weighted by atomic mass is 32.2. The fraction of sp³-hybridized carbons (Fsp3) is 0.562. The van der Waals surface area contributed by atoms with Crippen LogP contribution in [0.5, 0.6) is 0 Å². The molecule has 0 radical (unpaired) electrons. The summed E-state index contributed by atoms with van der Waals surface area (Å²) in [7, 11) is 0. The van der Waals surface area contributed by atoms with E-state index in [0.29, 0.717) is 17.1 Å². The fourth-order valence-electron chi connectivity index (χ4n) is 3.38. The topological polar surface area (TPSA) is 79.6 Å². The lowest BCUT2D eigenvalue weighted by molar-refractivity contribution is -0.127. The minimum absolute atomic E-state index is 0.151. The summed E-state index contributed by atoms with van der Waals surface area (Å²) < 4.78 is 5.40. The molecule has 7 heteroatoms. The number of rotatable bonds is 3. The molecule has 0 bridgehead atoms. The maximum atomic E-state index is 12.5. The number of carbonyl (C=O) groups excluding carboxylic acids is 3. The number of nitrogens with one attached hydrogen (secondary N) is 1. The SMILES string of the molecule is Cc1cc(C(=O)NC2CCCCC2N2C(=O)CSC2=O)c(C)o1. The van der Waals surface area contributed by atoms with Crippen LogP contribution in [0.3, 0.4) is 0 Å². The summed E-state index contributed by atoms with van der Waals surface area (Å²) in [4.78, 5) is 37.8. The molecule has 1 aliphatic heterocycles. The van der Waals surface area contributed by atoms with Crippen molar-refractivity contribution in [1.29, 1.82) is 0 Å². The maximum absolute atomic E-state index is 12.5. The molecule has 23 heavy (non-hydrogen) atoms. The molecule has 3 rings (SSSR count). The van der Waals surface area contributed by atoms with Gasteiger partial charge in [0.15, 0.2) is 0 Å². The summed E-state index contributed by atoms with van der Waals surface area (Å²) in [5.41, 5.74) is 0.514. The van der Waals surface area contributed by atoms with Gasteiger partial charge in [-0.05, 0) is 32.8 Å². The maximum Gasteiger partial charge on any atom is 0.289 e. The average molecular weight is 336 g/mol. The van der Waals surface area contributed by atoms with Crippen LogP contribution in [0.1, 0.15) is 47.6 Å². The first kappa shape index (κ1) is 16.1. The summed E-state index contributed by atoms with van der Waals surface area (Å²) in [5.74, 6) is 1.12. The molecule has 6 nitrogen and oxygen atoms in total. The lowest BCUT2D eigenvalue weighted by atomic mass is 9.89. The molecule has 1 N–H and O–H groups in total. The van der Waals surface area contributed by atoms with E-state index in [9.17, 15) is 14.4 Å². The van der Waals surface area contributed by atoms with Crippen LogP contribution in [0.4, 0.5) is 4.79 Å². The van der Waals surface area contributed by atoms with Crippen LogP contribution in [0.25, 0.3) is 0 Å². The van der Waals surface area contributed by atoms with Gasteiger partial charge in [0, 0.05) is 0 Å². The molecule has 2 atom stereocenters. The third kappa shape index (κ3) is 3.15. The van der Waals surface area contributed by atoms with Crippen LogP contribution in [-0.2, 0) is 4.79 Å². The first-order chi connectivity index (χ1) is 11.0. The van der Waals surface area contributed by atoms with Crippen LogP contribution in [-0.4, -0.2) is 39.8 Å². The Morgan fingerprint density at radius 2 is 2.04 bits per heavy atom. The van der Waals surface area contributed by atoms with Crippen molar-refractivity contribution in [3.05, 3.63) is 23.2 Å². The highest BCUT2D eigenvalue weighted by molar-refractivity contribution is 8.14. The summed E-state index contributed by atoms with van der Waals surface area (Å²) >= 11 is 1.04. The molecule has 1 aliphatic carbocycles. The molecular weight excluding hydrogens is 316 g/mol. The van der Waals surface area contributed by atoms with Gasteiger partial charge in [0.1, 0.15) is 11.5 Å². The van der Waals surface area contributed by atoms with E-state index < -0.39 is 0 Å². The van der Waals surface area contributed by atoms with Gasteiger partial charge in [-0.2, -0.15) is 0 Å². The molecule has 0 aromatic carbocycles. The van der Waals surface area contributed by atoms with E-state index >= 15 is 0 Å². The van der Waals surface area contributed by atoms with Gasteiger partial charge in [-0.15, -0.1) is 0 Å². The average Bonchev–Trinajstić information content (AvgIpc) is 3.02. The second-order valence-electron chi connectivity index (χ2n) is 6.08. The molecule has 2 unspecified atom stereocenters. The number of hydrogen-bond acceptors (Lipinski definition) is 5. The number of amides is 3. The van der Waals surface area contributed by atoms with Gasteiger partial charge < -0.3 is 9.73 Å². The molecule has 1 aromatic rings. The number of imide groups is 1. The first-order valence-electron chi connectivity index (χ1n) is 7.84. The summed E-state index contributed by atoms with van der Waals surface area (Å²) in [6, 6.07) is 1.28. The van der Waals surface area contributed by atoms with Gasteiger partial charge >= 0.3 is 0 Å². The first-order valence-corrected chi connectivity index (χ1v) is 8.82. The quantitative estimate of drug-likeness (QED) is 0.918. The van der Waals surface area contributed by atoms with Crippen molar-refractivity contribution in [2.24, 2.45) is 0 Å². The molecule has 2 fully saturated rings. The Morgan fingerprint density at radius 1 is 1.30 bits per heavy atom. The van der Waals surface area contributed by atoms with Crippen molar-refractivity contribution in [1.82, 2.24) is 10.2 Å². The predicted molar refractivity (Wildman–Crippen MR) is 86.4 cm³/mol. The molecule has 3 amide bonds. The monoisotopic (exact) mass is 336 g/mol. The Balaban J connectivity index is 1.76. The second kappa shape index (κ2) is 6.39. The van der Waals surface area contributed by atoms with E-state index in [2.05, 4.69) is 5.32 Å². The molecule has 2 heterocycles. The van der Waals surface area contributed by atoms with Crippen LogP contribution < -0.4 is 5.32 Å². The van der Waals surface area contributed by atoms with Crippen LogP contribution in [0, 0.1) is 13.8 Å². The number of carbonyl (C=O) groups is 3. The standard InChI is InChI=1S/C16H20N2O4S/c1-9-7-11(10(2)22-9)15(20)17-12-5-3-4-6-13(12)18-14(19)8-23-16(18)21/h7,12-13H,3-6,8H2,1-2H3,(H,17,20). The third-order valence-corrected chi connectivity index (χ3v) is 5.28. The number of furan rings is 1. The Labute approximate surface area is 139 Å². The minimum Gasteiger partial charge on any atom is -0.466 e. The van der Waals surface area contributed by atoms with Crippen LogP contribution in [0.2, 0.25) is 0 Å². The van der Waals surface area contributed by atoms with E-state index in [1.54, 1.807) is 19.9 Å².